The Morgan fingerprint density at radius 1 is 1.26 bits per heavy atom. The van der Waals surface area contributed by atoms with Crippen LogP contribution in [0.5, 0.6) is 0 Å². The van der Waals surface area contributed by atoms with E-state index in [1.807, 2.05) is 13.0 Å². The molecule has 1 spiro atoms. The molecule has 0 unspecified atom stereocenters. The van der Waals surface area contributed by atoms with Gasteiger partial charge >= 0.3 is 0 Å². The van der Waals surface area contributed by atoms with Gasteiger partial charge in [0.2, 0.25) is 0 Å². The average molecular weight is 329 g/mol. The van der Waals surface area contributed by atoms with Crippen molar-refractivity contribution in [2.75, 3.05) is 13.2 Å². The minimum atomic E-state index is -1.53. The van der Waals surface area contributed by atoms with Crippen LogP contribution in [0.1, 0.15) is 12.5 Å². The number of amidine groups is 1. The molecule has 0 amide bonds. The third-order valence-corrected chi connectivity index (χ3v) is 5.78. The van der Waals surface area contributed by atoms with E-state index >= 15 is 0 Å². The van der Waals surface area contributed by atoms with E-state index in [2.05, 4.69) is 17.1 Å². The molecule has 1 aromatic carbocycles. The van der Waals surface area contributed by atoms with Gasteiger partial charge in [0.1, 0.15) is 5.84 Å². The Labute approximate surface area is 138 Å². The Kier molecular flexibility index (Phi) is 2.54. The van der Waals surface area contributed by atoms with Crippen molar-refractivity contribution in [1.82, 2.24) is 0 Å². The summed E-state index contributed by atoms with van der Waals surface area (Å²) in [6.45, 7) is 2.42. The molecule has 7 heteroatoms. The van der Waals surface area contributed by atoms with Crippen molar-refractivity contribution in [2.45, 2.75) is 18.2 Å². The molecule has 2 fully saturated rings. The lowest BCUT2D eigenvalue weighted by Crippen LogP contribution is -2.42. The van der Waals surface area contributed by atoms with Gasteiger partial charge in [0.15, 0.2) is 10.8 Å². The fourth-order valence-corrected chi connectivity index (χ4v) is 4.67. The Morgan fingerprint density at radius 2 is 1.96 bits per heavy atom. The molecule has 23 heavy (non-hydrogen) atoms. The first-order chi connectivity index (χ1) is 11.0. The predicted octanol–water partition coefficient (Wildman–Crippen LogP) is 1.70. The molecule has 4 rings (SSSR count). The van der Waals surface area contributed by atoms with Crippen LogP contribution in [0, 0.1) is 33.5 Å². The van der Waals surface area contributed by atoms with Crippen molar-refractivity contribution in [3.05, 3.63) is 34.9 Å². The van der Waals surface area contributed by atoms with Gasteiger partial charge in [0, 0.05) is 10.4 Å². The Hall–Kier alpha value is -2.12. The Balaban J connectivity index is 2.02. The van der Waals surface area contributed by atoms with Crippen LogP contribution in [-0.2, 0) is 14.9 Å². The first kappa shape index (κ1) is 14.5. The van der Waals surface area contributed by atoms with Crippen LogP contribution in [0.25, 0.3) is 0 Å². The summed E-state index contributed by atoms with van der Waals surface area (Å²) in [6, 6.07) is 11.6. The predicted molar refractivity (Wildman–Crippen MR) is 81.2 cm³/mol. The summed E-state index contributed by atoms with van der Waals surface area (Å²) in [5, 5.41) is 20.5. The van der Waals surface area contributed by atoms with E-state index in [4.69, 9.17) is 26.8 Å². The number of nitrogens with zero attached hydrogens (tertiary/aromatic N) is 3. The zero-order valence-electron chi connectivity index (χ0n) is 12.3. The SMILES string of the molecule is C[C@@]1(c2cccc(Cl)c2)[C@]2(C#N)C(N)=NC3(OCCO3)[C@@]21C#N. The Bertz CT molecular complexity index is 835. The summed E-state index contributed by atoms with van der Waals surface area (Å²) in [5.74, 6) is -1.45. The summed E-state index contributed by atoms with van der Waals surface area (Å²) in [6.07, 6.45) is 0. The van der Waals surface area contributed by atoms with E-state index in [1.165, 1.54) is 0 Å². The van der Waals surface area contributed by atoms with Crippen molar-refractivity contribution >= 4 is 17.4 Å². The van der Waals surface area contributed by atoms with Gasteiger partial charge in [-0.15, -0.1) is 0 Å². The van der Waals surface area contributed by atoms with Crippen LogP contribution >= 0.6 is 11.6 Å². The highest BCUT2D eigenvalue weighted by Crippen LogP contribution is 2.85. The number of aliphatic imine (C=N–C) groups is 1. The van der Waals surface area contributed by atoms with Crippen molar-refractivity contribution in [3.63, 3.8) is 0 Å². The van der Waals surface area contributed by atoms with Crippen LogP contribution in [0.4, 0.5) is 0 Å². The number of fused-ring (bicyclic) bond motifs is 2. The number of hydrogen-bond donors (Lipinski definition) is 1. The van der Waals surface area contributed by atoms with Crippen molar-refractivity contribution in [3.8, 4) is 12.1 Å². The van der Waals surface area contributed by atoms with Crippen LogP contribution in [0.2, 0.25) is 5.02 Å². The van der Waals surface area contributed by atoms with Gasteiger partial charge in [0.25, 0.3) is 5.91 Å². The van der Waals surface area contributed by atoms with E-state index in [0.29, 0.717) is 18.2 Å². The molecular weight excluding hydrogens is 316 g/mol. The molecule has 2 N–H and O–H groups in total. The summed E-state index contributed by atoms with van der Waals surface area (Å²) < 4.78 is 11.4. The van der Waals surface area contributed by atoms with E-state index in [1.54, 1.807) is 18.2 Å². The van der Waals surface area contributed by atoms with Crippen LogP contribution in [-0.4, -0.2) is 25.0 Å². The van der Waals surface area contributed by atoms with Crippen molar-refractivity contribution in [2.24, 2.45) is 21.6 Å². The third-order valence-electron chi connectivity index (χ3n) is 5.54. The monoisotopic (exact) mass is 328 g/mol. The summed E-state index contributed by atoms with van der Waals surface area (Å²) in [4.78, 5) is 4.25. The highest BCUT2D eigenvalue weighted by molar-refractivity contribution is 6.30. The first-order valence-corrected chi connectivity index (χ1v) is 7.56. The largest absolute Gasteiger partial charge is 0.386 e. The molecule has 3 aliphatic rings. The zero-order chi connectivity index (χ0) is 16.5. The average Bonchev–Trinajstić information content (AvgIpc) is 2.82. The number of nitriles is 2. The van der Waals surface area contributed by atoms with Gasteiger partial charge in [-0.3, -0.25) is 0 Å². The second-order valence-corrected chi connectivity index (χ2v) is 6.57. The molecule has 0 aromatic heterocycles. The minimum Gasteiger partial charge on any atom is -0.386 e. The summed E-state index contributed by atoms with van der Waals surface area (Å²) >= 11 is 6.11. The second kappa shape index (κ2) is 4.04. The van der Waals surface area contributed by atoms with Crippen LogP contribution < -0.4 is 5.73 Å². The standard InChI is InChI=1S/C16H13ClN4O2/c1-13(10-3-2-4-11(17)7-10)14(8-18)12(20)21-16(15(13,14)9-19)22-5-6-23-16/h2-4,7H,5-6H2,1H3,(H2,20,21)/t13-,14+,15-/m1/s1. The maximum absolute atomic E-state index is 10.0. The topological polar surface area (TPSA) is 104 Å². The number of benzene rings is 1. The zero-order valence-corrected chi connectivity index (χ0v) is 13.1. The number of ether oxygens (including phenoxy) is 2. The number of rotatable bonds is 1. The molecule has 3 atom stereocenters. The molecule has 116 valence electrons. The molecule has 1 aliphatic carbocycles. The van der Waals surface area contributed by atoms with E-state index in [-0.39, 0.29) is 5.84 Å². The molecule has 0 bridgehead atoms. The second-order valence-electron chi connectivity index (χ2n) is 6.13. The molecule has 0 radical (unpaired) electrons. The van der Waals surface area contributed by atoms with Crippen LogP contribution in [0.15, 0.2) is 29.3 Å². The van der Waals surface area contributed by atoms with E-state index < -0.39 is 22.2 Å². The van der Waals surface area contributed by atoms with E-state index in [9.17, 15) is 10.5 Å². The minimum absolute atomic E-state index is 0.0749. The van der Waals surface area contributed by atoms with Gasteiger partial charge in [-0.1, -0.05) is 30.7 Å². The lowest BCUT2D eigenvalue weighted by molar-refractivity contribution is -0.187. The normalized spacial score (nSPS) is 39.4. The number of nitrogens with two attached hydrogens (primary N) is 1. The first-order valence-electron chi connectivity index (χ1n) is 7.18. The van der Waals surface area contributed by atoms with Gasteiger partial charge in [-0.2, -0.15) is 10.5 Å². The maximum Gasteiger partial charge on any atom is 0.293 e. The quantitative estimate of drug-likeness (QED) is 0.844. The number of hydrogen-bond acceptors (Lipinski definition) is 6. The maximum atomic E-state index is 10.0. The van der Waals surface area contributed by atoms with Crippen LogP contribution in [0.3, 0.4) is 0 Å². The molecule has 1 saturated heterocycles. The van der Waals surface area contributed by atoms with Crippen molar-refractivity contribution in [1.29, 1.82) is 10.5 Å². The molecule has 6 nitrogen and oxygen atoms in total. The van der Waals surface area contributed by atoms with E-state index in [0.717, 1.165) is 5.56 Å². The fraction of sp³-hybridized carbons (Fsp3) is 0.438. The van der Waals surface area contributed by atoms with Gasteiger partial charge < -0.3 is 15.2 Å². The Morgan fingerprint density at radius 3 is 2.52 bits per heavy atom. The highest BCUT2D eigenvalue weighted by atomic mass is 35.5. The fourth-order valence-electron chi connectivity index (χ4n) is 4.48. The highest BCUT2D eigenvalue weighted by Gasteiger charge is 3.00. The lowest BCUT2D eigenvalue weighted by Gasteiger charge is -2.29. The van der Waals surface area contributed by atoms with Gasteiger partial charge in [0.05, 0.1) is 25.4 Å². The summed E-state index contributed by atoms with van der Waals surface area (Å²) in [7, 11) is 0. The van der Waals surface area contributed by atoms with Gasteiger partial charge in [-0.05, 0) is 17.7 Å². The smallest absolute Gasteiger partial charge is 0.293 e. The van der Waals surface area contributed by atoms with Gasteiger partial charge in [-0.25, -0.2) is 4.99 Å². The molecular formula is C16H13ClN4O2. The number of halogens is 1. The third kappa shape index (κ3) is 1.16. The molecule has 1 saturated carbocycles. The molecule has 2 heterocycles. The lowest BCUT2D eigenvalue weighted by atomic mass is 9.85. The molecule has 1 aromatic rings. The van der Waals surface area contributed by atoms with Crippen molar-refractivity contribution < 1.29 is 9.47 Å². The summed E-state index contributed by atoms with van der Waals surface area (Å²) in [5.41, 5.74) is 3.29. The molecule has 2 aliphatic heterocycles.